The van der Waals surface area contributed by atoms with E-state index < -0.39 is 11.7 Å². The second-order valence-corrected chi connectivity index (χ2v) is 7.89. The number of anilines is 1. The maximum Gasteiger partial charge on any atom is 0.416 e. The zero-order valence-electron chi connectivity index (χ0n) is 18.1. The Morgan fingerprint density at radius 2 is 1.94 bits per heavy atom. The molecule has 2 heterocycles. The predicted octanol–water partition coefficient (Wildman–Crippen LogP) is 3.78. The lowest BCUT2D eigenvalue weighted by Crippen LogP contribution is -2.45. The number of benzene rings is 1. The van der Waals surface area contributed by atoms with Crippen molar-refractivity contribution in [2.45, 2.75) is 45.0 Å². The molecule has 176 valence electrons. The normalized spacial score (nSPS) is 22.2. The molecule has 0 amide bonds. The summed E-state index contributed by atoms with van der Waals surface area (Å²) in [6.07, 6.45) is -2.49. The molecule has 2 saturated heterocycles. The van der Waals surface area contributed by atoms with Gasteiger partial charge in [-0.2, -0.15) is 13.2 Å². The van der Waals surface area contributed by atoms with E-state index in [0.29, 0.717) is 51.0 Å². The van der Waals surface area contributed by atoms with Crippen molar-refractivity contribution in [1.29, 1.82) is 0 Å². The summed E-state index contributed by atoms with van der Waals surface area (Å²) in [4.78, 5) is 6.31. The highest BCUT2D eigenvalue weighted by molar-refractivity contribution is 14.0. The number of halogens is 4. The fourth-order valence-corrected chi connectivity index (χ4v) is 3.74. The predicted molar refractivity (Wildman–Crippen MR) is 126 cm³/mol. The lowest BCUT2D eigenvalue weighted by molar-refractivity contribution is -0.138. The molecule has 2 aliphatic heterocycles. The number of morpholine rings is 1. The van der Waals surface area contributed by atoms with Crippen LogP contribution in [0.2, 0.25) is 0 Å². The van der Waals surface area contributed by atoms with E-state index in [9.17, 15) is 13.2 Å². The van der Waals surface area contributed by atoms with Gasteiger partial charge in [0, 0.05) is 38.5 Å². The van der Waals surface area contributed by atoms with Crippen molar-refractivity contribution in [2.24, 2.45) is 4.99 Å². The minimum absolute atomic E-state index is 0. The second kappa shape index (κ2) is 11.6. The minimum Gasteiger partial charge on any atom is -0.378 e. The van der Waals surface area contributed by atoms with Crippen LogP contribution in [0.3, 0.4) is 0 Å². The van der Waals surface area contributed by atoms with Gasteiger partial charge >= 0.3 is 6.18 Å². The van der Waals surface area contributed by atoms with E-state index in [-0.39, 0.29) is 41.7 Å². The molecule has 0 spiro atoms. The molecule has 1 atom stereocenters. The third kappa shape index (κ3) is 7.38. The van der Waals surface area contributed by atoms with Crippen LogP contribution in [0, 0.1) is 0 Å². The average Bonchev–Trinajstić information content (AvgIpc) is 3.17. The van der Waals surface area contributed by atoms with Crippen LogP contribution < -0.4 is 15.5 Å². The molecule has 0 radical (unpaired) electrons. The highest BCUT2D eigenvalue weighted by Crippen LogP contribution is 2.35. The number of hydrogen-bond acceptors (Lipinski definition) is 4. The molecular weight excluding hydrogens is 524 g/mol. The van der Waals surface area contributed by atoms with Crippen LogP contribution in [0.1, 0.15) is 37.8 Å². The Hall–Kier alpha value is -1.27. The number of alkyl halides is 3. The van der Waals surface area contributed by atoms with E-state index in [1.807, 2.05) is 18.7 Å². The average molecular weight is 556 g/mol. The standard InChI is InChI=1S/C21H31F3N4O2.HI/c1-3-25-19(27-15-20(2)7-4-10-30-20)26-14-16-5-6-17(13-18(16)21(22,23)24)28-8-11-29-12-9-28;/h5-6,13H,3-4,7-12,14-15H2,1-2H3,(H2,25,26,27);1H. The van der Waals surface area contributed by atoms with Gasteiger partial charge in [-0.25, -0.2) is 4.99 Å². The number of ether oxygens (including phenoxy) is 2. The second-order valence-electron chi connectivity index (χ2n) is 7.89. The third-order valence-corrected chi connectivity index (χ3v) is 5.46. The van der Waals surface area contributed by atoms with Gasteiger partial charge in [-0.1, -0.05) is 6.07 Å². The van der Waals surface area contributed by atoms with Crippen molar-refractivity contribution in [1.82, 2.24) is 10.6 Å². The first-order valence-corrected chi connectivity index (χ1v) is 10.5. The largest absolute Gasteiger partial charge is 0.416 e. The zero-order chi connectivity index (χ0) is 21.6. The summed E-state index contributed by atoms with van der Waals surface area (Å²) >= 11 is 0. The van der Waals surface area contributed by atoms with Gasteiger partial charge in [0.1, 0.15) is 0 Å². The summed E-state index contributed by atoms with van der Waals surface area (Å²) < 4.78 is 52.2. The fourth-order valence-electron chi connectivity index (χ4n) is 3.74. The summed E-state index contributed by atoms with van der Waals surface area (Å²) in [5.41, 5.74) is -0.195. The Labute approximate surface area is 199 Å². The Balaban J connectivity index is 0.00000341. The molecule has 2 aliphatic rings. The molecule has 0 bridgehead atoms. The van der Waals surface area contributed by atoms with Crippen LogP contribution in [-0.4, -0.2) is 57.6 Å². The molecule has 0 saturated carbocycles. The third-order valence-electron chi connectivity index (χ3n) is 5.46. The molecule has 0 aliphatic carbocycles. The van der Waals surface area contributed by atoms with E-state index in [1.165, 1.54) is 12.1 Å². The molecular formula is C21H32F3IN4O2. The van der Waals surface area contributed by atoms with Gasteiger partial charge in [0.05, 0.1) is 30.9 Å². The van der Waals surface area contributed by atoms with E-state index in [2.05, 4.69) is 15.6 Å². The minimum atomic E-state index is -4.44. The summed E-state index contributed by atoms with van der Waals surface area (Å²) in [6, 6.07) is 4.49. The fraction of sp³-hybridized carbons (Fsp3) is 0.667. The number of hydrogen-bond donors (Lipinski definition) is 2. The van der Waals surface area contributed by atoms with E-state index in [0.717, 1.165) is 19.4 Å². The SMILES string of the molecule is CCNC(=NCc1ccc(N2CCOCC2)cc1C(F)(F)F)NCC1(C)CCCO1.I. The zero-order valence-corrected chi connectivity index (χ0v) is 20.4. The maximum atomic E-state index is 13.7. The van der Waals surface area contributed by atoms with Crippen molar-refractivity contribution in [3.05, 3.63) is 29.3 Å². The van der Waals surface area contributed by atoms with Crippen molar-refractivity contribution in [3.8, 4) is 0 Å². The quantitative estimate of drug-likeness (QED) is 0.318. The van der Waals surface area contributed by atoms with Crippen molar-refractivity contribution in [2.75, 3.05) is 50.9 Å². The Kier molecular flexibility index (Phi) is 9.68. The van der Waals surface area contributed by atoms with Gasteiger partial charge in [-0.05, 0) is 44.4 Å². The first kappa shape index (κ1) is 26.0. The summed E-state index contributed by atoms with van der Waals surface area (Å²) in [6.45, 7) is 8.01. The van der Waals surface area contributed by atoms with Crippen LogP contribution in [0.15, 0.2) is 23.2 Å². The van der Waals surface area contributed by atoms with Crippen molar-refractivity contribution < 1.29 is 22.6 Å². The van der Waals surface area contributed by atoms with Crippen molar-refractivity contribution in [3.63, 3.8) is 0 Å². The number of nitrogens with one attached hydrogen (secondary N) is 2. The smallest absolute Gasteiger partial charge is 0.378 e. The van der Waals surface area contributed by atoms with Gasteiger partial charge in [-0.15, -0.1) is 24.0 Å². The van der Waals surface area contributed by atoms with Crippen molar-refractivity contribution >= 4 is 35.6 Å². The molecule has 2 fully saturated rings. The van der Waals surface area contributed by atoms with Gasteiger partial charge in [0.25, 0.3) is 0 Å². The van der Waals surface area contributed by atoms with Crippen LogP contribution in [0.25, 0.3) is 0 Å². The molecule has 31 heavy (non-hydrogen) atoms. The van der Waals surface area contributed by atoms with Crippen LogP contribution >= 0.6 is 24.0 Å². The molecule has 2 N–H and O–H groups in total. The molecule has 10 heteroatoms. The van der Waals surface area contributed by atoms with E-state index in [4.69, 9.17) is 9.47 Å². The number of rotatable bonds is 6. The van der Waals surface area contributed by atoms with E-state index in [1.54, 1.807) is 6.07 Å². The summed E-state index contributed by atoms with van der Waals surface area (Å²) in [5, 5.41) is 6.30. The lowest BCUT2D eigenvalue weighted by Gasteiger charge is -2.29. The molecule has 3 rings (SSSR count). The van der Waals surface area contributed by atoms with Gasteiger partial charge in [0.2, 0.25) is 0 Å². The first-order chi connectivity index (χ1) is 14.3. The molecule has 1 aromatic rings. The lowest BCUT2D eigenvalue weighted by atomic mass is 10.0. The molecule has 0 aromatic heterocycles. The number of aliphatic imine (C=N–C) groups is 1. The molecule has 1 aromatic carbocycles. The highest BCUT2D eigenvalue weighted by Gasteiger charge is 2.34. The monoisotopic (exact) mass is 556 g/mol. The number of guanidine groups is 1. The summed E-state index contributed by atoms with van der Waals surface area (Å²) in [7, 11) is 0. The van der Waals surface area contributed by atoms with Crippen LogP contribution in [0.5, 0.6) is 0 Å². The van der Waals surface area contributed by atoms with E-state index >= 15 is 0 Å². The molecule has 6 nitrogen and oxygen atoms in total. The van der Waals surface area contributed by atoms with Gasteiger partial charge in [-0.3, -0.25) is 0 Å². The summed E-state index contributed by atoms with van der Waals surface area (Å²) in [5.74, 6) is 0.486. The number of nitrogens with zero attached hydrogens (tertiary/aromatic N) is 2. The Bertz CT molecular complexity index is 734. The molecule has 1 unspecified atom stereocenters. The first-order valence-electron chi connectivity index (χ1n) is 10.5. The Morgan fingerprint density at radius 1 is 1.19 bits per heavy atom. The maximum absolute atomic E-state index is 13.7. The van der Waals surface area contributed by atoms with Crippen LogP contribution in [0.4, 0.5) is 18.9 Å². The highest BCUT2D eigenvalue weighted by atomic mass is 127. The van der Waals surface area contributed by atoms with Crippen LogP contribution in [-0.2, 0) is 22.2 Å². The Morgan fingerprint density at radius 3 is 2.55 bits per heavy atom. The van der Waals surface area contributed by atoms with Gasteiger partial charge in [0.15, 0.2) is 5.96 Å². The topological polar surface area (TPSA) is 58.1 Å². The van der Waals surface area contributed by atoms with Gasteiger partial charge < -0.3 is 25.0 Å².